The molecule has 1 spiro atoms. The molecule has 2 aliphatic heterocycles. The van der Waals surface area contributed by atoms with Gasteiger partial charge in [-0.3, -0.25) is 14.8 Å². The molecular weight excluding hydrogens is 318 g/mol. The highest BCUT2D eigenvalue weighted by Gasteiger charge is 2.54. The molecule has 2 aromatic heterocycles. The number of likely N-dealkylation sites (tertiary alicyclic amines) is 1. The number of ether oxygens (including phenoxy) is 2. The molecule has 2 aromatic rings. The predicted molar refractivity (Wildman–Crippen MR) is 91.4 cm³/mol. The minimum absolute atomic E-state index is 0.0178. The third kappa shape index (κ3) is 3.09. The van der Waals surface area contributed by atoms with Gasteiger partial charge >= 0.3 is 0 Å². The number of pyridine rings is 2. The van der Waals surface area contributed by atoms with Gasteiger partial charge in [0.15, 0.2) is 0 Å². The van der Waals surface area contributed by atoms with E-state index in [4.69, 9.17) is 9.47 Å². The molecule has 6 nitrogen and oxygen atoms in total. The molecule has 1 atom stereocenters. The molecule has 2 fully saturated rings. The lowest BCUT2D eigenvalue weighted by Gasteiger charge is -2.50. The van der Waals surface area contributed by atoms with Gasteiger partial charge in [-0.15, -0.1) is 0 Å². The van der Waals surface area contributed by atoms with Crippen LogP contribution >= 0.6 is 0 Å². The number of nitrogens with zero attached hydrogens (tertiary/aromatic N) is 3. The van der Waals surface area contributed by atoms with Gasteiger partial charge in [0.05, 0.1) is 31.5 Å². The molecule has 0 N–H and O–H groups in total. The van der Waals surface area contributed by atoms with Gasteiger partial charge in [0.25, 0.3) is 5.91 Å². The Balaban J connectivity index is 1.38. The average molecular weight is 339 g/mol. The molecule has 0 saturated carbocycles. The molecular formula is C19H21N3O3. The van der Waals surface area contributed by atoms with Gasteiger partial charge in [-0.25, -0.2) is 0 Å². The Morgan fingerprint density at radius 1 is 1.36 bits per heavy atom. The lowest BCUT2D eigenvalue weighted by atomic mass is 9.81. The molecule has 0 bridgehead atoms. The zero-order valence-electron chi connectivity index (χ0n) is 14.2. The van der Waals surface area contributed by atoms with Crippen LogP contribution in [0.15, 0.2) is 43.0 Å². The summed E-state index contributed by atoms with van der Waals surface area (Å²) in [7, 11) is 0. The fourth-order valence-electron chi connectivity index (χ4n) is 3.60. The first-order chi connectivity index (χ1) is 12.2. The van der Waals surface area contributed by atoms with Crippen molar-refractivity contribution in [3.8, 4) is 5.75 Å². The number of carbonyl (C=O) groups is 1. The van der Waals surface area contributed by atoms with Gasteiger partial charge in [0.1, 0.15) is 11.4 Å². The number of hydrogen-bond donors (Lipinski definition) is 0. The molecule has 0 aliphatic carbocycles. The first-order valence-electron chi connectivity index (χ1n) is 8.54. The van der Waals surface area contributed by atoms with E-state index in [-0.39, 0.29) is 17.4 Å². The van der Waals surface area contributed by atoms with E-state index in [0.29, 0.717) is 25.3 Å². The Bertz CT molecular complexity index is 760. The number of amides is 1. The second-order valence-electron chi connectivity index (χ2n) is 6.81. The quantitative estimate of drug-likeness (QED) is 0.853. The van der Waals surface area contributed by atoms with Crippen molar-refractivity contribution < 1.29 is 14.3 Å². The third-order valence-electron chi connectivity index (χ3n) is 5.01. The van der Waals surface area contributed by atoms with Gasteiger partial charge in [-0.1, -0.05) is 0 Å². The second-order valence-corrected chi connectivity index (χ2v) is 6.81. The Morgan fingerprint density at radius 3 is 3.00 bits per heavy atom. The maximum Gasteiger partial charge on any atom is 0.255 e. The molecule has 2 saturated heterocycles. The molecule has 130 valence electrons. The zero-order valence-corrected chi connectivity index (χ0v) is 14.2. The first-order valence-corrected chi connectivity index (χ1v) is 8.54. The van der Waals surface area contributed by atoms with Crippen molar-refractivity contribution in [2.45, 2.75) is 18.9 Å². The maximum absolute atomic E-state index is 12.6. The largest absolute Gasteiger partial charge is 0.492 e. The summed E-state index contributed by atoms with van der Waals surface area (Å²) in [4.78, 5) is 22.6. The van der Waals surface area contributed by atoms with Crippen LogP contribution in [-0.4, -0.2) is 52.7 Å². The van der Waals surface area contributed by atoms with Gasteiger partial charge in [-0.2, -0.15) is 0 Å². The van der Waals surface area contributed by atoms with E-state index in [1.807, 2.05) is 30.0 Å². The highest BCUT2D eigenvalue weighted by Crippen LogP contribution is 2.40. The fraction of sp³-hybridized carbons (Fsp3) is 0.421. The van der Waals surface area contributed by atoms with Crippen LogP contribution in [0.1, 0.15) is 22.3 Å². The molecule has 0 aromatic carbocycles. The van der Waals surface area contributed by atoms with E-state index in [1.165, 1.54) is 0 Å². The topological polar surface area (TPSA) is 64.6 Å². The highest BCUT2D eigenvalue weighted by atomic mass is 16.5. The van der Waals surface area contributed by atoms with Crippen LogP contribution in [0.4, 0.5) is 0 Å². The Morgan fingerprint density at radius 2 is 2.24 bits per heavy atom. The number of aromatic nitrogens is 2. The van der Waals surface area contributed by atoms with Gasteiger partial charge < -0.3 is 14.4 Å². The van der Waals surface area contributed by atoms with Crippen molar-refractivity contribution >= 4 is 5.91 Å². The summed E-state index contributed by atoms with van der Waals surface area (Å²) in [5.41, 5.74) is 1.35. The van der Waals surface area contributed by atoms with E-state index in [9.17, 15) is 4.79 Å². The first kappa shape index (κ1) is 16.0. The van der Waals surface area contributed by atoms with Crippen LogP contribution in [0.25, 0.3) is 0 Å². The number of aryl methyl sites for hydroxylation is 1. The molecule has 0 unspecified atom stereocenters. The zero-order chi connectivity index (χ0) is 17.3. The fourth-order valence-corrected chi connectivity index (χ4v) is 3.60. The van der Waals surface area contributed by atoms with Crippen LogP contribution < -0.4 is 4.74 Å². The normalized spacial score (nSPS) is 21.2. The lowest BCUT2D eigenvalue weighted by molar-refractivity contribution is -0.122. The smallest absolute Gasteiger partial charge is 0.255 e. The highest BCUT2D eigenvalue weighted by molar-refractivity contribution is 5.94. The van der Waals surface area contributed by atoms with Crippen molar-refractivity contribution in [2.24, 2.45) is 5.92 Å². The van der Waals surface area contributed by atoms with Crippen LogP contribution in [0.2, 0.25) is 0 Å². The van der Waals surface area contributed by atoms with Crippen molar-refractivity contribution in [3.63, 3.8) is 0 Å². The van der Waals surface area contributed by atoms with Crippen molar-refractivity contribution in [3.05, 3.63) is 54.1 Å². The molecule has 1 amide bonds. The summed E-state index contributed by atoms with van der Waals surface area (Å²) in [5, 5.41) is 0. The van der Waals surface area contributed by atoms with Gasteiger partial charge in [-0.05, 0) is 37.1 Å². The van der Waals surface area contributed by atoms with Crippen LogP contribution in [0.5, 0.6) is 5.75 Å². The minimum Gasteiger partial charge on any atom is -0.492 e. The average Bonchev–Trinajstić information content (AvgIpc) is 3.03. The molecule has 25 heavy (non-hydrogen) atoms. The summed E-state index contributed by atoms with van der Waals surface area (Å²) < 4.78 is 11.9. The van der Waals surface area contributed by atoms with Gasteiger partial charge in [0.2, 0.25) is 0 Å². The van der Waals surface area contributed by atoms with Crippen molar-refractivity contribution in [2.75, 3.05) is 26.3 Å². The predicted octanol–water partition coefficient (Wildman–Crippen LogP) is 2.10. The van der Waals surface area contributed by atoms with Crippen LogP contribution in [-0.2, 0) is 4.74 Å². The van der Waals surface area contributed by atoms with Crippen molar-refractivity contribution in [1.82, 2.24) is 14.9 Å². The van der Waals surface area contributed by atoms with E-state index in [1.54, 1.807) is 24.8 Å². The van der Waals surface area contributed by atoms with E-state index < -0.39 is 0 Å². The number of carbonyl (C=O) groups excluding carboxylic acids is 1. The van der Waals surface area contributed by atoms with Crippen LogP contribution in [0, 0.1) is 12.8 Å². The lowest BCUT2D eigenvalue weighted by Crippen LogP contribution is -2.66. The molecule has 6 heteroatoms. The number of hydrogen-bond acceptors (Lipinski definition) is 5. The summed E-state index contributed by atoms with van der Waals surface area (Å²) in [6.07, 6.45) is 7.76. The molecule has 0 radical (unpaired) electrons. The van der Waals surface area contributed by atoms with E-state index >= 15 is 0 Å². The van der Waals surface area contributed by atoms with Gasteiger partial charge in [0, 0.05) is 31.1 Å². The second kappa shape index (κ2) is 6.44. The summed E-state index contributed by atoms with van der Waals surface area (Å²) in [6, 6.07) is 5.63. The summed E-state index contributed by atoms with van der Waals surface area (Å²) >= 11 is 0. The Kier molecular flexibility index (Phi) is 4.13. The Labute approximate surface area is 146 Å². The number of rotatable bonds is 4. The maximum atomic E-state index is 12.6. The molecule has 2 aliphatic rings. The monoisotopic (exact) mass is 339 g/mol. The minimum atomic E-state index is -0.269. The van der Waals surface area contributed by atoms with Crippen molar-refractivity contribution in [1.29, 1.82) is 0 Å². The summed E-state index contributed by atoms with van der Waals surface area (Å²) in [6.45, 7) is 4.46. The summed E-state index contributed by atoms with van der Waals surface area (Å²) in [5.74, 6) is 1.07. The molecule has 4 rings (SSSR count). The molecule has 4 heterocycles. The van der Waals surface area contributed by atoms with E-state index in [0.717, 1.165) is 24.3 Å². The van der Waals surface area contributed by atoms with E-state index in [2.05, 4.69) is 9.97 Å². The third-order valence-corrected chi connectivity index (χ3v) is 5.01. The van der Waals surface area contributed by atoms with Crippen LogP contribution in [0.3, 0.4) is 0 Å². The Hall–Kier alpha value is -2.47. The SMILES string of the molecule is Cc1cncc(C(=O)N2CC3(C2)OCC[C@H]3COc2cccnc2)c1. The standard InChI is InChI=1S/C19H21N3O3/c1-14-7-15(9-21-8-14)18(23)22-12-19(13-22)16(4-6-25-19)11-24-17-3-2-5-20-10-17/h2-3,5,7-10,16H,4,6,11-13H2,1H3/t16-/m0/s1.